The second-order valence-electron chi connectivity index (χ2n) is 7.71. The van der Waals surface area contributed by atoms with Gasteiger partial charge in [0.2, 0.25) is 0 Å². The minimum absolute atomic E-state index is 0.379. The van der Waals surface area contributed by atoms with E-state index >= 15 is 0 Å². The number of hydrogen-bond acceptors (Lipinski definition) is 2. The molecular weight excluding hydrogens is 384 g/mol. The molecule has 0 bridgehead atoms. The molecule has 0 unspecified atom stereocenters. The van der Waals surface area contributed by atoms with E-state index in [1.807, 2.05) is 93.7 Å². The number of nitrogens with one attached hydrogen (secondary N) is 1. The van der Waals surface area contributed by atoms with E-state index in [0.29, 0.717) is 5.69 Å². The van der Waals surface area contributed by atoms with Crippen molar-refractivity contribution in [3.63, 3.8) is 0 Å². The Hall–Kier alpha value is -3.66. The molecule has 0 aliphatic rings. The SMILES string of the molecule is CCc1cccc(CC)c1NC(=O)C(=O)c1c(-c2ccc(C)cc2)cc2ccccn12. The number of nitrogens with zero attached hydrogens (tertiary/aromatic N) is 1. The number of Topliss-reactive ketones (excluding diaryl/α,β-unsaturated/α-hetero) is 1. The van der Waals surface area contributed by atoms with E-state index in [4.69, 9.17) is 0 Å². The quantitative estimate of drug-likeness (QED) is 0.320. The monoisotopic (exact) mass is 410 g/mol. The van der Waals surface area contributed by atoms with Gasteiger partial charge in [0.1, 0.15) is 5.69 Å². The molecule has 0 spiro atoms. The molecule has 0 radical (unpaired) electrons. The molecule has 0 saturated heterocycles. The van der Waals surface area contributed by atoms with Crippen LogP contribution in [0, 0.1) is 6.92 Å². The van der Waals surface area contributed by atoms with E-state index in [9.17, 15) is 9.59 Å². The molecule has 4 nitrogen and oxygen atoms in total. The van der Waals surface area contributed by atoms with E-state index in [2.05, 4.69) is 5.32 Å². The molecule has 4 aromatic rings. The Labute approximate surface area is 182 Å². The highest BCUT2D eigenvalue weighted by molar-refractivity contribution is 6.47. The van der Waals surface area contributed by atoms with Crippen molar-refractivity contribution in [2.45, 2.75) is 33.6 Å². The number of aryl methyl sites for hydroxylation is 3. The Morgan fingerprint density at radius 3 is 2.19 bits per heavy atom. The van der Waals surface area contributed by atoms with Crippen LogP contribution in [0.3, 0.4) is 0 Å². The Morgan fingerprint density at radius 1 is 0.871 bits per heavy atom. The van der Waals surface area contributed by atoms with Crippen molar-refractivity contribution in [3.8, 4) is 11.1 Å². The molecule has 0 aliphatic carbocycles. The number of pyridine rings is 1. The molecule has 2 aromatic heterocycles. The van der Waals surface area contributed by atoms with Crippen molar-refractivity contribution in [1.29, 1.82) is 0 Å². The Kier molecular flexibility index (Phi) is 5.72. The van der Waals surface area contributed by atoms with Crippen LogP contribution in [0.5, 0.6) is 0 Å². The maximum Gasteiger partial charge on any atom is 0.298 e. The van der Waals surface area contributed by atoms with Crippen molar-refractivity contribution in [1.82, 2.24) is 4.40 Å². The van der Waals surface area contributed by atoms with E-state index in [-0.39, 0.29) is 0 Å². The van der Waals surface area contributed by atoms with Gasteiger partial charge < -0.3 is 9.72 Å². The van der Waals surface area contributed by atoms with Gasteiger partial charge in [0, 0.05) is 23.0 Å². The summed E-state index contributed by atoms with van der Waals surface area (Å²) in [6.07, 6.45) is 3.38. The topological polar surface area (TPSA) is 50.6 Å². The predicted octanol–water partition coefficient (Wildman–Crippen LogP) is 5.86. The molecule has 4 rings (SSSR count). The van der Waals surface area contributed by atoms with Gasteiger partial charge in [-0.05, 0) is 54.7 Å². The summed E-state index contributed by atoms with van der Waals surface area (Å²) in [5, 5.41) is 2.92. The maximum absolute atomic E-state index is 13.5. The smallest absolute Gasteiger partial charge is 0.298 e. The summed E-state index contributed by atoms with van der Waals surface area (Å²) in [4.78, 5) is 26.6. The highest BCUT2D eigenvalue weighted by atomic mass is 16.2. The molecule has 2 aromatic carbocycles. The average molecular weight is 411 g/mol. The van der Waals surface area contributed by atoms with Crippen LogP contribution in [0.1, 0.15) is 41.0 Å². The van der Waals surface area contributed by atoms with Crippen LogP contribution < -0.4 is 5.32 Å². The number of anilines is 1. The van der Waals surface area contributed by atoms with Crippen LogP contribution >= 0.6 is 0 Å². The summed E-state index contributed by atoms with van der Waals surface area (Å²) >= 11 is 0. The average Bonchev–Trinajstić information content (AvgIpc) is 3.18. The minimum Gasteiger partial charge on any atom is -0.319 e. The van der Waals surface area contributed by atoms with Gasteiger partial charge in [0.15, 0.2) is 0 Å². The Morgan fingerprint density at radius 2 is 1.55 bits per heavy atom. The van der Waals surface area contributed by atoms with Gasteiger partial charge in [-0.15, -0.1) is 0 Å². The van der Waals surface area contributed by atoms with Gasteiger partial charge >= 0.3 is 0 Å². The van der Waals surface area contributed by atoms with Gasteiger partial charge in [0.05, 0.1) is 0 Å². The Balaban J connectivity index is 1.78. The number of hydrogen-bond donors (Lipinski definition) is 1. The minimum atomic E-state index is -0.618. The first kappa shape index (κ1) is 20.6. The third-order valence-corrected chi connectivity index (χ3v) is 5.70. The van der Waals surface area contributed by atoms with Crippen molar-refractivity contribution in [2.75, 3.05) is 5.32 Å². The summed E-state index contributed by atoms with van der Waals surface area (Å²) in [5.74, 6) is -1.16. The second-order valence-corrected chi connectivity index (χ2v) is 7.71. The number of aromatic nitrogens is 1. The zero-order valence-corrected chi connectivity index (χ0v) is 18.1. The van der Waals surface area contributed by atoms with Gasteiger partial charge in [-0.1, -0.05) is 67.9 Å². The molecule has 156 valence electrons. The molecule has 0 saturated carbocycles. The lowest BCUT2D eigenvalue weighted by molar-refractivity contribution is -0.112. The van der Waals surface area contributed by atoms with Crippen molar-refractivity contribution >= 4 is 22.9 Å². The lowest BCUT2D eigenvalue weighted by Crippen LogP contribution is -2.25. The zero-order chi connectivity index (χ0) is 22.0. The van der Waals surface area contributed by atoms with Crippen LogP contribution in [0.25, 0.3) is 16.6 Å². The summed E-state index contributed by atoms with van der Waals surface area (Å²) < 4.78 is 1.80. The number of rotatable bonds is 6. The number of benzene rings is 2. The lowest BCUT2D eigenvalue weighted by Gasteiger charge is -2.14. The van der Waals surface area contributed by atoms with E-state index in [1.165, 1.54) is 0 Å². The van der Waals surface area contributed by atoms with Crippen LogP contribution in [-0.2, 0) is 17.6 Å². The first-order valence-corrected chi connectivity index (χ1v) is 10.7. The van der Waals surface area contributed by atoms with Gasteiger partial charge in [0.25, 0.3) is 11.7 Å². The Bertz CT molecular complexity index is 1240. The summed E-state index contributed by atoms with van der Waals surface area (Å²) in [6, 6.07) is 21.7. The maximum atomic E-state index is 13.5. The summed E-state index contributed by atoms with van der Waals surface area (Å²) in [6.45, 7) is 6.11. The number of carbonyl (C=O) groups is 2. The van der Waals surface area contributed by atoms with Gasteiger partial charge in [-0.2, -0.15) is 0 Å². The number of carbonyl (C=O) groups excluding carboxylic acids is 2. The van der Waals surface area contributed by atoms with Crippen molar-refractivity contribution in [3.05, 3.63) is 95.3 Å². The van der Waals surface area contributed by atoms with E-state index in [1.54, 1.807) is 4.40 Å². The summed E-state index contributed by atoms with van der Waals surface area (Å²) in [5.41, 5.74) is 6.87. The largest absolute Gasteiger partial charge is 0.319 e. The number of ketones is 1. The molecule has 31 heavy (non-hydrogen) atoms. The second kappa shape index (κ2) is 8.60. The number of amides is 1. The fraction of sp³-hybridized carbons (Fsp3) is 0.185. The normalized spacial score (nSPS) is 10.9. The first-order chi connectivity index (χ1) is 15.0. The molecule has 1 N–H and O–H groups in total. The molecule has 2 heterocycles. The highest BCUT2D eigenvalue weighted by Gasteiger charge is 2.25. The molecule has 0 aliphatic heterocycles. The van der Waals surface area contributed by atoms with Crippen LogP contribution in [-0.4, -0.2) is 16.1 Å². The first-order valence-electron chi connectivity index (χ1n) is 10.7. The highest BCUT2D eigenvalue weighted by Crippen LogP contribution is 2.29. The van der Waals surface area contributed by atoms with E-state index < -0.39 is 11.7 Å². The number of fused-ring (bicyclic) bond motifs is 1. The van der Waals surface area contributed by atoms with Gasteiger partial charge in [-0.3, -0.25) is 9.59 Å². The number of para-hydroxylation sites is 1. The molecule has 1 amide bonds. The van der Waals surface area contributed by atoms with Crippen molar-refractivity contribution < 1.29 is 9.59 Å². The van der Waals surface area contributed by atoms with Crippen LogP contribution in [0.15, 0.2) is 72.9 Å². The zero-order valence-electron chi connectivity index (χ0n) is 18.1. The third kappa shape index (κ3) is 3.89. The molecule has 0 atom stereocenters. The fourth-order valence-electron chi connectivity index (χ4n) is 3.99. The van der Waals surface area contributed by atoms with Gasteiger partial charge in [-0.25, -0.2) is 0 Å². The predicted molar refractivity (Wildman–Crippen MR) is 126 cm³/mol. The molecular formula is C27H26N2O2. The molecule has 4 heteroatoms. The summed E-state index contributed by atoms with van der Waals surface area (Å²) in [7, 11) is 0. The molecule has 0 fully saturated rings. The third-order valence-electron chi connectivity index (χ3n) is 5.70. The van der Waals surface area contributed by atoms with E-state index in [0.717, 1.165) is 51.9 Å². The van der Waals surface area contributed by atoms with Crippen molar-refractivity contribution in [2.24, 2.45) is 0 Å². The van der Waals surface area contributed by atoms with Crippen LogP contribution in [0.4, 0.5) is 5.69 Å². The lowest BCUT2D eigenvalue weighted by atomic mass is 10.0. The van der Waals surface area contributed by atoms with Crippen LogP contribution in [0.2, 0.25) is 0 Å². The fourth-order valence-corrected chi connectivity index (χ4v) is 3.99. The standard InChI is InChI=1S/C27H26N2O2/c1-4-19-9-8-10-20(5-2)24(19)28-27(31)26(30)25-23(21-14-12-18(3)13-15-21)17-22-11-6-7-16-29(22)25/h6-17H,4-5H2,1-3H3,(H,28,31).